The average molecular weight is 345 g/mol. The van der Waals surface area contributed by atoms with Crippen LogP contribution in [0.4, 0.5) is 0 Å². The molecule has 5 heteroatoms. The van der Waals surface area contributed by atoms with Gasteiger partial charge in [-0.25, -0.2) is 0 Å². The summed E-state index contributed by atoms with van der Waals surface area (Å²) in [6.07, 6.45) is 1.75. The molecule has 0 aliphatic rings. The normalized spacial score (nSPS) is 10.9. The highest BCUT2D eigenvalue weighted by atomic mass is 35.5. The molecule has 0 radical (unpaired) electrons. The maximum absolute atomic E-state index is 12.9. The molecule has 1 aromatic carbocycles. The second-order valence-corrected chi connectivity index (χ2v) is 6.74. The van der Waals surface area contributed by atoms with Gasteiger partial charge in [0.05, 0.1) is 10.2 Å². The third kappa shape index (κ3) is 3.19. The first kappa shape index (κ1) is 15.8. The van der Waals surface area contributed by atoms with E-state index >= 15 is 0 Å². The van der Waals surface area contributed by atoms with Crippen molar-refractivity contribution in [2.45, 2.75) is 6.54 Å². The molecule has 0 unspecified atom stereocenters. The van der Waals surface area contributed by atoms with Crippen LogP contribution in [0, 0.1) is 0 Å². The Bertz CT molecular complexity index is 848. The number of carbonyl (C=O) groups is 1. The number of hydrogen-bond acceptors (Lipinski definition) is 2. The van der Waals surface area contributed by atoms with Gasteiger partial charge in [0, 0.05) is 25.2 Å². The number of thiophene rings is 1. The molecular weight excluding hydrogens is 328 g/mol. The van der Waals surface area contributed by atoms with Crippen molar-refractivity contribution < 1.29 is 4.79 Å². The third-order valence-corrected chi connectivity index (χ3v) is 4.91. The summed E-state index contributed by atoms with van der Waals surface area (Å²) >= 11 is 7.57. The maximum Gasteiger partial charge on any atom is 0.271 e. The summed E-state index contributed by atoms with van der Waals surface area (Å²) in [5.74, 6) is 0.00532. The molecule has 0 spiro atoms. The van der Waals surface area contributed by atoms with E-state index in [2.05, 4.69) is 6.58 Å². The number of halogens is 1. The number of hydrogen-bond donors (Lipinski definition) is 0. The Balaban J connectivity index is 1.88. The molecule has 3 nitrogen and oxygen atoms in total. The average Bonchev–Trinajstić information content (AvgIpc) is 3.12. The van der Waals surface area contributed by atoms with Gasteiger partial charge in [0.15, 0.2) is 0 Å². The van der Waals surface area contributed by atoms with E-state index < -0.39 is 0 Å². The predicted octanol–water partition coefficient (Wildman–Crippen LogP) is 4.72. The maximum atomic E-state index is 12.9. The number of aromatic nitrogens is 1. The van der Waals surface area contributed by atoms with Gasteiger partial charge in [-0.15, -0.1) is 17.9 Å². The van der Waals surface area contributed by atoms with Crippen LogP contribution in [0.2, 0.25) is 5.02 Å². The number of aryl methyl sites for hydroxylation is 1. The molecule has 0 fully saturated rings. The van der Waals surface area contributed by atoms with E-state index in [1.54, 1.807) is 22.3 Å². The zero-order valence-corrected chi connectivity index (χ0v) is 14.4. The fourth-order valence-corrected chi connectivity index (χ4v) is 3.58. The summed E-state index contributed by atoms with van der Waals surface area (Å²) in [7, 11) is 1.93. The smallest absolute Gasteiger partial charge is 0.271 e. The Labute approximate surface area is 144 Å². The Morgan fingerprint density at radius 3 is 2.74 bits per heavy atom. The lowest BCUT2D eigenvalue weighted by Crippen LogP contribution is -2.32. The van der Waals surface area contributed by atoms with Crippen LogP contribution in [-0.4, -0.2) is 21.9 Å². The number of amides is 1. The largest absolute Gasteiger partial charge is 0.339 e. The molecule has 3 rings (SSSR count). The van der Waals surface area contributed by atoms with Gasteiger partial charge in [-0.3, -0.25) is 4.79 Å². The van der Waals surface area contributed by atoms with Gasteiger partial charge >= 0.3 is 0 Å². The van der Waals surface area contributed by atoms with Crippen molar-refractivity contribution >= 4 is 39.1 Å². The van der Waals surface area contributed by atoms with E-state index in [0.29, 0.717) is 23.8 Å². The molecule has 23 heavy (non-hydrogen) atoms. The highest BCUT2D eigenvalue weighted by molar-refractivity contribution is 7.17. The summed E-state index contributed by atoms with van der Waals surface area (Å²) in [5.41, 5.74) is 2.83. The van der Waals surface area contributed by atoms with Crippen molar-refractivity contribution in [1.29, 1.82) is 0 Å². The van der Waals surface area contributed by atoms with Gasteiger partial charge in [0.2, 0.25) is 0 Å². The first-order valence-electron chi connectivity index (χ1n) is 7.27. The van der Waals surface area contributed by atoms with Crippen molar-refractivity contribution in [2.24, 2.45) is 7.05 Å². The predicted molar refractivity (Wildman–Crippen MR) is 97.2 cm³/mol. The van der Waals surface area contributed by atoms with Crippen molar-refractivity contribution in [3.05, 3.63) is 70.7 Å². The van der Waals surface area contributed by atoms with Crippen LogP contribution in [0.1, 0.15) is 16.1 Å². The number of carbonyl (C=O) groups excluding carboxylic acids is 1. The highest BCUT2D eigenvalue weighted by Gasteiger charge is 2.20. The number of rotatable bonds is 5. The molecule has 2 aromatic heterocycles. The SMILES string of the molecule is C=CCN(Cc1ccc(Cl)cc1)C(=O)c1cc2sccc2n1C. The van der Waals surface area contributed by atoms with E-state index in [4.69, 9.17) is 11.6 Å². The quantitative estimate of drug-likeness (QED) is 0.615. The Kier molecular flexibility index (Phi) is 4.55. The Hall–Kier alpha value is -2.04. The lowest BCUT2D eigenvalue weighted by Gasteiger charge is -2.21. The molecule has 0 aliphatic heterocycles. The topological polar surface area (TPSA) is 25.2 Å². The van der Waals surface area contributed by atoms with Gasteiger partial charge < -0.3 is 9.47 Å². The standard InChI is InChI=1S/C18H17ClN2OS/c1-3-9-21(12-13-4-6-14(19)7-5-13)18(22)16-11-17-15(20(16)2)8-10-23-17/h3-8,10-11H,1,9,12H2,2H3. The van der Waals surface area contributed by atoms with Crippen molar-refractivity contribution in [3.63, 3.8) is 0 Å². The fourth-order valence-electron chi connectivity index (χ4n) is 2.60. The molecule has 0 atom stereocenters. The molecule has 1 amide bonds. The van der Waals surface area contributed by atoms with E-state index in [0.717, 1.165) is 15.8 Å². The molecule has 118 valence electrons. The lowest BCUT2D eigenvalue weighted by molar-refractivity contribution is 0.0753. The van der Waals surface area contributed by atoms with Gasteiger partial charge in [-0.2, -0.15) is 0 Å². The second kappa shape index (κ2) is 6.60. The summed E-state index contributed by atoms with van der Waals surface area (Å²) < 4.78 is 3.08. The van der Waals surface area contributed by atoms with Crippen LogP contribution >= 0.6 is 22.9 Å². The first-order valence-corrected chi connectivity index (χ1v) is 8.53. The van der Waals surface area contributed by atoms with Gasteiger partial charge in [0.1, 0.15) is 5.69 Å². The molecule has 0 saturated heterocycles. The molecule has 0 saturated carbocycles. The summed E-state index contributed by atoms with van der Waals surface area (Å²) in [6.45, 7) is 4.80. The minimum absolute atomic E-state index is 0.00532. The molecule has 0 N–H and O–H groups in total. The van der Waals surface area contributed by atoms with Crippen LogP contribution in [0.15, 0.2) is 54.4 Å². The monoisotopic (exact) mass is 344 g/mol. The molecule has 2 heterocycles. The van der Waals surface area contributed by atoms with Crippen molar-refractivity contribution in [2.75, 3.05) is 6.54 Å². The summed E-state index contributed by atoms with van der Waals surface area (Å²) in [5, 5.41) is 2.73. The van der Waals surface area contributed by atoms with Gasteiger partial charge in [-0.05, 0) is 35.2 Å². The Morgan fingerprint density at radius 1 is 1.35 bits per heavy atom. The van der Waals surface area contributed by atoms with Crippen molar-refractivity contribution in [3.8, 4) is 0 Å². The van der Waals surface area contributed by atoms with Gasteiger partial charge in [0.25, 0.3) is 5.91 Å². The van der Waals surface area contributed by atoms with Crippen LogP contribution in [0.5, 0.6) is 0 Å². The minimum atomic E-state index is 0.00532. The molecule has 0 bridgehead atoms. The molecular formula is C18H17ClN2OS. The number of fused-ring (bicyclic) bond motifs is 1. The van der Waals surface area contributed by atoms with E-state index in [1.807, 2.05) is 53.4 Å². The van der Waals surface area contributed by atoms with Crippen LogP contribution in [-0.2, 0) is 13.6 Å². The molecule has 0 aliphatic carbocycles. The molecule has 3 aromatic rings. The van der Waals surface area contributed by atoms with E-state index in [1.165, 1.54) is 0 Å². The number of nitrogens with zero attached hydrogens (tertiary/aromatic N) is 2. The fraction of sp³-hybridized carbons (Fsp3) is 0.167. The summed E-state index contributed by atoms with van der Waals surface area (Å²) in [4.78, 5) is 14.7. The van der Waals surface area contributed by atoms with Crippen LogP contribution in [0.3, 0.4) is 0 Å². The van der Waals surface area contributed by atoms with E-state index in [-0.39, 0.29) is 5.91 Å². The summed E-state index contributed by atoms with van der Waals surface area (Å²) in [6, 6.07) is 11.6. The van der Waals surface area contributed by atoms with Gasteiger partial charge in [-0.1, -0.05) is 29.8 Å². The van der Waals surface area contributed by atoms with E-state index in [9.17, 15) is 4.79 Å². The third-order valence-electron chi connectivity index (χ3n) is 3.81. The zero-order valence-electron chi connectivity index (χ0n) is 12.8. The highest BCUT2D eigenvalue weighted by Crippen LogP contribution is 2.25. The first-order chi connectivity index (χ1) is 11.1. The second-order valence-electron chi connectivity index (χ2n) is 5.36. The van der Waals surface area contributed by atoms with Crippen LogP contribution in [0.25, 0.3) is 10.2 Å². The minimum Gasteiger partial charge on any atom is -0.339 e. The van der Waals surface area contributed by atoms with Crippen LogP contribution < -0.4 is 0 Å². The lowest BCUT2D eigenvalue weighted by atomic mass is 10.2. The van der Waals surface area contributed by atoms with Crippen molar-refractivity contribution in [1.82, 2.24) is 9.47 Å². The Morgan fingerprint density at radius 2 is 2.09 bits per heavy atom. The number of benzene rings is 1. The zero-order chi connectivity index (χ0) is 16.4.